The van der Waals surface area contributed by atoms with E-state index in [2.05, 4.69) is 127 Å². The topological polar surface area (TPSA) is 82.1 Å². The van der Waals surface area contributed by atoms with Crippen LogP contribution in [0.4, 0.5) is 0 Å². The number of aryl methyl sites for hydroxylation is 2. The van der Waals surface area contributed by atoms with Crippen LogP contribution in [0.1, 0.15) is 74.3 Å². The molecule has 3 heterocycles. The molecule has 0 aliphatic heterocycles. The van der Waals surface area contributed by atoms with Gasteiger partial charge < -0.3 is 10.1 Å². The summed E-state index contributed by atoms with van der Waals surface area (Å²) in [6, 6.07) is 37.4. The maximum absolute atomic E-state index is 12.5. The second kappa shape index (κ2) is 13.5. The largest absolute Gasteiger partial charge is 0.656 e. The van der Waals surface area contributed by atoms with Gasteiger partial charge in [0.1, 0.15) is 11.5 Å². The molecule has 0 aliphatic carbocycles. The Labute approximate surface area is 330 Å². The molecule has 0 fully saturated rings. The van der Waals surface area contributed by atoms with Crippen molar-refractivity contribution >= 4 is 38.8 Å². The van der Waals surface area contributed by atoms with Crippen LogP contribution < -0.4 is 4.98 Å². The fourth-order valence-electron chi connectivity index (χ4n) is 7.41. The van der Waals surface area contributed by atoms with Crippen molar-refractivity contribution in [1.82, 2.24) is 19.5 Å². The molecule has 3 aromatic heterocycles. The van der Waals surface area contributed by atoms with Crippen molar-refractivity contribution in [2.45, 2.75) is 66.2 Å². The van der Waals surface area contributed by atoms with Crippen LogP contribution >= 0.6 is 0 Å². The van der Waals surface area contributed by atoms with Gasteiger partial charge in [-0.05, 0) is 94.1 Å². The number of carboxylic acids is 1. The van der Waals surface area contributed by atoms with Gasteiger partial charge in [0.25, 0.3) is 0 Å². The van der Waals surface area contributed by atoms with E-state index in [1.165, 1.54) is 11.1 Å². The van der Waals surface area contributed by atoms with Crippen LogP contribution in [0.25, 0.3) is 72.3 Å². The molecule has 6 nitrogen and oxygen atoms in total. The fraction of sp³-hybridized carbons (Fsp3) is 0.213. The number of carbonyl (C=O) groups is 1. The number of para-hydroxylation sites is 2. The molecule has 0 saturated heterocycles. The predicted molar refractivity (Wildman–Crippen MR) is 217 cm³/mol. The summed E-state index contributed by atoms with van der Waals surface area (Å²) >= 11 is 0. The van der Waals surface area contributed by atoms with Gasteiger partial charge in [-0.2, -0.15) is 0 Å². The number of hydrogen-bond donors (Lipinski definition) is 1. The van der Waals surface area contributed by atoms with Gasteiger partial charge in [-0.3, -0.25) is 4.57 Å². The van der Waals surface area contributed by atoms with Crippen LogP contribution in [0, 0.1) is 13.8 Å². The van der Waals surface area contributed by atoms with Gasteiger partial charge in [0.15, 0.2) is 0 Å². The molecule has 0 saturated carbocycles. The van der Waals surface area contributed by atoms with Crippen LogP contribution in [0.15, 0.2) is 109 Å². The van der Waals surface area contributed by atoms with Crippen molar-refractivity contribution in [3.05, 3.63) is 137 Å². The van der Waals surface area contributed by atoms with Gasteiger partial charge in [0.2, 0.25) is 0 Å². The average Bonchev–Trinajstić information content (AvgIpc) is 3.69. The molecule has 5 aromatic carbocycles. The minimum Gasteiger partial charge on any atom is -0.656 e. The van der Waals surface area contributed by atoms with Crippen LogP contribution in [-0.4, -0.2) is 25.6 Å². The smallest absolute Gasteiger partial charge is 0.354 e. The standard InChI is InChI=1S/C47H44N4O2.Pt/c1-27-19-28(2)21-29(20-27)30-22-39(48-40(23-30)45(52)53)34-15-12-16-41-43(34)50-44(51(41)33-13-10-9-11-14-33)37-26-32(47(6,7)8)25-36-35-24-31(46(3,4)5)17-18-38(35)49-42(36)37;/h9-26H,1-8H3,(H2,48,49,50,52,53);/p-1. The Bertz CT molecular complexity index is 2720. The zero-order chi connectivity index (χ0) is 37.4. The van der Waals surface area contributed by atoms with E-state index in [4.69, 9.17) is 15.0 Å². The number of imidazole rings is 1. The van der Waals surface area contributed by atoms with Crippen molar-refractivity contribution in [3.63, 3.8) is 0 Å². The Morgan fingerprint density at radius 1 is 0.667 bits per heavy atom. The molecule has 0 spiro atoms. The van der Waals surface area contributed by atoms with E-state index in [-0.39, 0.29) is 37.6 Å². The van der Waals surface area contributed by atoms with Crippen LogP contribution in [0.2, 0.25) is 0 Å². The molecule has 1 N–H and O–H groups in total. The molecule has 0 unspecified atom stereocenters. The van der Waals surface area contributed by atoms with Gasteiger partial charge in [-0.25, -0.2) is 14.8 Å². The summed E-state index contributed by atoms with van der Waals surface area (Å²) in [5.41, 5.74) is 12.9. The molecule has 8 rings (SSSR count). The maximum Gasteiger partial charge on any atom is 0.354 e. The molecule has 7 heteroatoms. The molecule has 274 valence electrons. The van der Waals surface area contributed by atoms with Gasteiger partial charge >= 0.3 is 5.97 Å². The van der Waals surface area contributed by atoms with Crippen molar-refractivity contribution in [2.24, 2.45) is 0 Å². The zero-order valence-corrected chi connectivity index (χ0v) is 34.1. The third-order valence-electron chi connectivity index (χ3n) is 10.2. The van der Waals surface area contributed by atoms with E-state index in [0.717, 1.165) is 77.7 Å². The Kier molecular flexibility index (Phi) is 9.26. The Morgan fingerprint density at radius 2 is 1.33 bits per heavy atom. The number of aromatic carboxylic acids is 1. The first-order valence-electron chi connectivity index (χ1n) is 18.1. The van der Waals surface area contributed by atoms with Crippen molar-refractivity contribution in [3.8, 4) is 39.5 Å². The molecular weight excluding hydrogens is 848 g/mol. The van der Waals surface area contributed by atoms with E-state index >= 15 is 0 Å². The van der Waals surface area contributed by atoms with E-state index in [9.17, 15) is 9.90 Å². The molecule has 0 amide bonds. The minimum absolute atomic E-state index is 0. The normalized spacial score (nSPS) is 12.1. The number of fused-ring (bicyclic) bond motifs is 4. The number of rotatable bonds is 5. The summed E-state index contributed by atoms with van der Waals surface area (Å²) < 4.78 is 2.20. The van der Waals surface area contributed by atoms with Gasteiger partial charge in [0, 0.05) is 37.9 Å². The minimum atomic E-state index is -1.08. The number of nitrogens with zero attached hydrogens (tertiary/aromatic N) is 4. The third-order valence-corrected chi connectivity index (χ3v) is 10.2. The van der Waals surface area contributed by atoms with Crippen LogP contribution in [0.3, 0.4) is 0 Å². The first-order chi connectivity index (χ1) is 25.2. The number of hydrogen-bond acceptors (Lipinski definition) is 3. The van der Waals surface area contributed by atoms with E-state index in [0.29, 0.717) is 5.69 Å². The summed E-state index contributed by atoms with van der Waals surface area (Å²) in [5, 5.41) is 12.5. The summed E-state index contributed by atoms with van der Waals surface area (Å²) in [6.07, 6.45) is 0. The first kappa shape index (κ1) is 37.0. The van der Waals surface area contributed by atoms with Crippen LogP contribution in [-0.2, 0) is 31.9 Å². The van der Waals surface area contributed by atoms with Crippen molar-refractivity contribution in [1.29, 1.82) is 0 Å². The number of carboxylic acid groups (broad SMARTS) is 1. The zero-order valence-electron chi connectivity index (χ0n) is 31.9. The van der Waals surface area contributed by atoms with Crippen LogP contribution in [0.5, 0.6) is 0 Å². The second-order valence-electron chi connectivity index (χ2n) is 16.4. The van der Waals surface area contributed by atoms with Crippen molar-refractivity contribution < 1.29 is 31.0 Å². The monoisotopic (exact) mass is 890 g/mol. The maximum atomic E-state index is 12.5. The van der Waals surface area contributed by atoms with Crippen molar-refractivity contribution in [2.75, 3.05) is 0 Å². The van der Waals surface area contributed by atoms with E-state index in [1.807, 2.05) is 36.4 Å². The average molecular weight is 891 g/mol. The molecule has 0 radical (unpaired) electrons. The SMILES string of the molecule is Cc1cc(C)cc(-c2cc(C(=O)O)nc(-c3cccc4c3nc(-c3cc(C(C)(C)C)cc5c3[n-]c3ccc(C(C)(C)C)cc35)n4-c3ccccc3)c2)c1.[Pt]. The first-order valence-corrected chi connectivity index (χ1v) is 18.1. The fourth-order valence-corrected chi connectivity index (χ4v) is 7.41. The quantitative estimate of drug-likeness (QED) is 0.186. The molecular formula is C47H43N4O2Pt-. The Hall–Kier alpha value is -5.32. The molecule has 0 atom stereocenters. The predicted octanol–water partition coefficient (Wildman–Crippen LogP) is 11.6. The Balaban J connectivity index is 0.00000450. The Morgan fingerprint density at radius 3 is 2.00 bits per heavy atom. The van der Waals surface area contributed by atoms with Gasteiger partial charge in [0.05, 0.1) is 16.7 Å². The molecule has 0 bridgehead atoms. The number of aromatic nitrogens is 4. The number of benzene rings is 5. The molecule has 54 heavy (non-hydrogen) atoms. The molecule has 0 aliphatic rings. The summed E-state index contributed by atoms with van der Waals surface area (Å²) in [5.74, 6) is -0.317. The van der Waals surface area contributed by atoms with E-state index < -0.39 is 5.97 Å². The number of pyridine rings is 1. The molecule has 8 aromatic rings. The van der Waals surface area contributed by atoms with E-state index in [1.54, 1.807) is 6.07 Å². The summed E-state index contributed by atoms with van der Waals surface area (Å²) in [6.45, 7) is 17.5. The van der Waals surface area contributed by atoms with Gasteiger partial charge in [-0.1, -0.05) is 125 Å². The third kappa shape index (κ3) is 6.58. The van der Waals surface area contributed by atoms with Gasteiger partial charge in [-0.15, -0.1) is 11.0 Å². The summed E-state index contributed by atoms with van der Waals surface area (Å²) in [4.78, 5) is 28.0. The second-order valence-corrected chi connectivity index (χ2v) is 16.4. The summed E-state index contributed by atoms with van der Waals surface area (Å²) in [7, 11) is 0.